The maximum absolute atomic E-state index is 4.46. The topological polar surface area (TPSA) is 25.8 Å². The van der Waals surface area contributed by atoms with Crippen LogP contribution in [0.5, 0.6) is 0 Å². The average molecular weight is 332 g/mol. The van der Waals surface area contributed by atoms with Gasteiger partial charge in [-0.15, -0.1) is 0 Å². The zero-order valence-electron chi connectivity index (χ0n) is 14.1. The second-order valence-electron chi connectivity index (χ2n) is 6.41. The van der Waals surface area contributed by atoms with Gasteiger partial charge in [-0.3, -0.25) is 9.97 Å². The number of pyridine rings is 2. The molecule has 0 aliphatic heterocycles. The lowest BCUT2D eigenvalue weighted by Crippen LogP contribution is -1.85. The summed E-state index contributed by atoms with van der Waals surface area (Å²) in [7, 11) is 0. The van der Waals surface area contributed by atoms with E-state index in [1.54, 1.807) is 0 Å². The van der Waals surface area contributed by atoms with Crippen molar-refractivity contribution in [2.45, 2.75) is 0 Å². The summed E-state index contributed by atoms with van der Waals surface area (Å²) in [5.41, 5.74) is 4.27. The first-order valence-electron chi connectivity index (χ1n) is 8.67. The van der Waals surface area contributed by atoms with E-state index in [0.29, 0.717) is 0 Å². The Labute approximate surface area is 151 Å². The van der Waals surface area contributed by atoms with Crippen molar-refractivity contribution in [1.82, 2.24) is 9.97 Å². The SMILES string of the molecule is c1ccc(-c2ccc3cc4ccc(-c5ccccn5)cc4cc3c2)nc1. The Hall–Kier alpha value is -3.52. The summed E-state index contributed by atoms with van der Waals surface area (Å²) in [6.45, 7) is 0. The second-order valence-corrected chi connectivity index (χ2v) is 6.41. The van der Waals surface area contributed by atoms with Gasteiger partial charge in [-0.25, -0.2) is 0 Å². The Morgan fingerprint density at radius 3 is 1.38 bits per heavy atom. The first-order chi connectivity index (χ1) is 12.9. The first kappa shape index (κ1) is 14.8. The van der Waals surface area contributed by atoms with Crippen molar-refractivity contribution in [2.24, 2.45) is 0 Å². The van der Waals surface area contributed by atoms with Crippen LogP contribution in [0.15, 0.2) is 97.3 Å². The van der Waals surface area contributed by atoms with E-state index in [0.717, 1.165) is 22.5 Å². The Morgan fingerprint density at radius 2 is 0.923 bits per heavy atom. The quantitative estimate of drug-likeness (QED) is 0.364. The van der Waals surface area contributed by atoms with Crippen molar-refractivity contribution in [3.63, 3.8) is 0 Å². The minimum atomic E-state index is 0.997. The zero-order chi connectivity index (χ0) is 17.3. The van der Waals surface area contributed by atoms with Gasteiger partial charge in [-0.1, -0.05) is 36.4 Å². The Kier molecular flexibility index (Phi) is 3.46. The molecule has 0 aliphatic carbocycles. The molecule has 0 bridgehead atoms. The van der Waals surface area contributed by atoms with Gasteiger partial charge in [-0.05, 0) is 70.1 Å². The maximum atomic E-state index is 4.46. The molecule has 2 aromatic heterocycles. The predicted octanol–water partition coefficient (Wildman–Crippen LogP) is 6.12. The van der Waals surface area contributed by atoms with E-state index in [9.17, 15) is 0 Å². The minimum Gasteiger partial charge on any atom is -0.256 e. The molecule has 0 spiro atoms. The van der Waals surface area contributed by atoms with Crippen molar-refractivity contribution >= 4 is 21.5 Å². The number of benzene rings is 3. The molecule has 0 saturated carbocycles. The summed E-state index contributed by atoms with van der Waals surface area (Å²) < 4.78 is 0. The standard InChI is InChI=1S/C24H16N2/c1-3-11-25-23(5-1)19-9-7-17-13-18-8-10-20(24-6-2-4-12-26-24)15-22(18)16-21(17)14-19/h1-16H. The fourth-order valence-corrected chi connectivity index (χ4v) is 3.38. The van der Waals surface area contributed by atoms with Crippen LogP contribution in [-0.4, -0.2) is 9.97 Å². The summed E-state index contributed by atoms with van der Waals surface area (Å²) in [5, 5.41) is 4.92. The molecule has 3 aromatic carbocycles. The highest BCUT2D eigenvalue weighted by Crippen LogP contribution is 2.29. The van der Waals surface area contributed by atoms with E-state index in [1.807, 2.05) is 48.8 Å². The lowest BCUT2D eigenvalue weighted by atomic mass is 9.98. The predicted molar refractivity (Wildman–Crippen MR) is 108 cm³/mol. The molecule has 5 rings (SSSR count). The average Bonchev–Trinajstić information content (AvgIpc) is 2.73. The van der Waals surface area contributed by atoms with Crippen molar-refractivity contribution < 1.29 is 0 Å². The lowest BCUT2D eigenvalue weighted by Gasteiger charge is -2.07. The van der Waals surface area contributed by atoms with Crippen molar-refractivity contribution in [2.75, 3.05) is 0 Å². The van der Waals surface area contributed by atoms with Gasteiger partial charge in [0.2, 0.25) is 0 Å². The van der Waals surface area contributed by atoms with Gasteiger partial charge in [0.25, 0.3) is 0 Å². The van der Waals surface area contributed by atoms with Crippen LogP contribution in [-0.2, 0) is 0 Å². The van der Waals surface area contributed by atoms with Gasteiger partial charge in [0.05, 0.1) is 11.4 Å². The molecule has 122 valence electrons. The molecule has 0 saturated heterocycles. The van der Waals surface area contributed by atoms with Crippen LogP contribution in [0.1, 0.15) is 0 Å². The second kappa shape index (κ2) is 6.08. The van der Waals surface area contributed by atoms with Crippen LogP contribution in [0.3, 0.4) is 0 Å². The van der Waals surface area contributed by atoms with Crippen LogP contribution in [0, 0.1) is 0 Å². The highest BCUT2D eigenvalue weighted by atomic mass is 14.7. The molecule has 26 heavy (non-hydrogen) atoms. The summed E-state index contributed by atoms with van der Waals surface area (Å²) in [4.78, 5) is 8.93. The molecule has 2 heteroatoms. The molecule has 0 amide bonds. The van der Waals surface area contributed by atoms with Crippen LogP contribution in [0.2, 0.25) is 0 Å². The van der Waals surface area contributed by atoms with E-state index in [1.165, 1.54) is 21.5 Å². The van der Waals surface area contributed by atoms with Gasteiger partial charge in [0.1, 0.15) is 0 Å². The van der Waals surface area contributed by atoms with E-state index in [2.05, 4.69) is 58.5 Å². The normalized spacial score (nSPS) is 11.1. The molecule has 0 radical (unpaired) electrons. The Morgan fingerprint density at radius 1 is 0.423 bits per heavy atom. The third kappa shape index (κ3) is 2.62. The van der Waals surface area contributed by atoms with E-state index in [-0.39, 0.29) is 0 Å². The van der Waals surface area contributed by atoms with Crippen molar-refractivity contribution in [1.29, 1.82) is 0 Å². The van der Waals surface area contributed by atoms with Gasteiger partial charge in [0, 0.05) is 23.5 Å². The Balaban J connectivity index is 1.67. The van der Waals surface area contributed by atoms with Crippen LogP contribution < -0.4 is 0 Å². The largest absolute Gasteiger partial charge is 0.256 e. The number of fused-ring (bicyclic) bond motifs is 2. The zero-order valence-corrected chi connectivity index (χ0v) is 14.1. The van der Waals surface area contributed by atoms with E-state index < -0.39 is 0 Å². The molecule has 0 aliphatic rings. The third-order valence-corrected chi connectivity index (χ3v) is 4.72. The third-order valence-electron chi connectivity index (χ3n) is 4.72. The summed E-state index contributed by atoms with van der Waals surface area (Å²) in [6, 6.07) is 29.6. The number of hydrogen-bond acceptors (Lipinski definition) is 2. The fourth-order valence-electron chi connectivity index (χ4n) is 3.38. The van der Waals surface area contributed by atoms with Crippen LogP contribution >= 0.6 is 0 Å². The molecule has 2 nitrogen and oxygen atoms in total. The van der Waals surface area contributed by atoms with Crippen molar-refractivity contribution in [3.05, 3.63) is 97.3 Å². The van der Waals surface area contributed by atoms with Crippen LogP contribution in [0.4, 0.5) is 0 Å². The van der Waals surface area contributed by atoms with Gasteiger partial charge >= 0.3 is 0 Å². The first-order valence-corrected chi connectivity index (χ1v) is 8.67. The summed E-state index contributed by atoms with van der Waals surface area (Å²) in [6.07, 6.45) is 3.66. The number of aromatic nitrogens is 2. The summed E-state index contributed by atoms with van der Waals surface area (Å²) >= 11 is 0. The lowest BCUT2D eigenvalue weighted by molar-refractivity contribution is 1.33. The van der Waals surface area contributed by atoms with Crippen molar-refractivity contribution in [3.8, 4) is 22.5 Å². The molecule has 0 N–H and O–H groups in total. The number of hydrogen-bond donors (Lipinski definition) is 0. The molecule has 5 aromatic rings. The molecule has 2 heterocycles. The molecular formula is C24H16N2. The molecule has 0 fully saturated rings. The monoisotopic (exact) mass is 332 g/mol. The van der Waals surface area contributed by atoms with Gasteiger partial charge in [0.15, 0.2) is 0 Å². The van der Waals surface area contributed by atoms with Gasteiger partial charge < -0.3 is 0 Å². The number of rotatable bonds is 2. The maximum Gasteiger partial charge on any atom is 0.0702 e. The van der Waals surface area contributed by atoms with E-state index in [4.69, 9.17) is 0 Å². The highest BCUT2D eigenvalue weighted by Gasteiger charge is 2.05. The minimum absolute atomic E-state index is 0.997. The molecule has 0 unspecified atom stereocenters. The fraction of sp³-hybridized carbons (Fsp3) is 0. The van der Waals surface area contributed by atoms with Crippen LogP contribution in [0.25, 0.3) is 44.1 Å². The highest BCUT2D eigenvalue weighted by molar-refractivity contribution is 6.00. The smallest absolute Gasteiger partial charge is 0.0702 e. The van der Waals surface area contributed by atoms with Gasteiger partial charge in [-0.2, -0.15) is 0 Å². The van der Waals surface area contributed by atoms with E-state index >= 15 is 0 Å². The summed E-state index contributed by atoms with van der Waals surface area (Å²) in [5.74, 6) is 0. The molecule has 0 atom stereocenters. The Bertz CT molecular complexity index is 1120. The molecular weight excluding hydrogens is 316 g/mol. The number of nitrogens with zero attached hydrogens (tertiary/aromatic N) is 2.